The molecule has 0 spiro atoms. The maximum Gasteiger partial charge on any atom is 0.257 e. The number of nitrogens with one attached hydrogen (secondary N) is 1. The first-order valence-electron chi connectivity index (χ1n) is 11.1. The third-order valence-corrected chi connectivity index (χ3v) is 5.86. The molecule has 9 heteroatoms. The van der Waals surface area contributed by atoms with E-state index in [0.29, 0.717) is 59.0 Å². The van der Waals surface area contributed by atoms with Crippen molar-refractivity contribution in [3.8, 4) is 11.5 Å². The number of anilines is 1. The Morgan fingerprint density at radius 3 is 2.51 bits per heavy atom. The van der Waals surface area contributed by atoms with Crippen LogP contribution in [0.15, 0.2) is 65.3 Å². The lowest BCUT2D eigenvalue weighted by Gasteiger charge is -2.10. The topological polar surface area (TPSA) is 117 Å². The van der Waals surface area contributed by atoms with Crippen LogP contribution in [-0.2, 0) is 13.0 Å². The molecule has 3 aromatic heterocycles. The van der Waals surface area contributed by atoms with Crippen LogP contribution < -0.4 is 20.5 Å². The second-order valence-electron chi connectivity index (χ2n) is 8.01. The lowest BCUT2D eigenvalue weighted by Crippen LogP contribution is -2.26. The van der Waals surface area contributed by atoms with Gasteiger partial charge < -0.3 is 29.5 Å². The van der Waals surface area contributed by atoms with Crippen molar-refractivity contribution in [2.24, 2.45) is 0 Å². The molecule has 0 aliphatic heterocycles. The third kappa shape index (κ3) is 4.23. The number of nitrogens with zero attached hydrogens (tertiary/aromatic N) is 3. The van der Waals surface area contributed by atoms with Gasteiger partial charge in [0.1, 0.15) is 22.7 Å². The van der Waals surface area contributed by atoms with Crippen LogP contribution in [0.25, 0.3) is 22.2 Å². The number of methoxy groups -OCH3 is 2. The first-order valence-corrected chi connectivity index (χ1v) is 11.1. The largest absolute Gasteiger partial charge is 0.493 e. The van der Waals surface area contributed by atoms with Crippen LogP contribution in [0.4, 0.5) is 5.82 Å². The molecule has 0 bridgehead atoms. The zero-order valence-corrected chi connectivity index (χ0v) is 19.4. The summed E-state index contributed by atoms with van der Waals surface area (Å²) in [6.07, 6.45) is 2.20. The number of hydrogen-bond acceptors (Lipinski definition) is 7. The Labute approximate surface area is 201 Å². The summed E-state index contributed by atoms with van der Waals surface area (Å²) < 4.78 is 17.9. The number of amides is 1. The van der Waals surface area contributed by atoms with Crippen LogP contribution in [0.1, 0.15) is 21.7 Å². The smallest absolute Gasteiger partial charge is 0.257 e. The molecule has 0 atom stereocenters. The summed E-state index contributed by atoms with van der Waals surface area (Å²) in [4.78, 5) is 22.8. The molecule has 0 radical (unpaired) electrons. The highest BCUT2D eigenvalue weighted by Crippen LogP contribution is 2.29. The normalized spacial score (nSPS) is 11.1. The van der Waals surface area contributed by atoms with Crippen molar-refractivity contribution in [1.29, 1.82) is 0 Å². The highest BCUT2D eigenvalue weighted by molar-refractivity contribution is 6.10. The number of para-hydroxylation sites is 2. The summed E-state index contributed by atoms with van der Waals surface area (Å²) in [5.41, 5.74) is 10.2. The van der Waals surface area contributed by atoms with Crippen LogP contribution >= 0.6 is 0 Å². The minimum atomic E-state index is -0.309. The molecule has 9 nitrogen and oxygen atoms in total. The van der Waals surface area contributed by atoms with E-state index in [1.807, 2.05) is 48.5 Å². The van der Waals surface area contributed by atoms with E-state index in [1.54, 1.807) is 31.1 Å². The number of nitrogen functional groups attached to an aromatic ring is 1. The van der Waals surface area contributed by atoms with Gasteiger partial charge in [-0.15, -0.1) is 0 Å². The first-order chi connectivity index (χ1) is 17.1. The zero-order chi connectivity index (χ0) is 24.4. The number of carbonyl (C=O) groups excluding carboxylic acids is 1. The van der Waals surface area contributed by atoms with Crippen molar-refractivity contribution in [2.75, 3.05) is 26.5 Å². The monoisotopic (exact) mass is 471 g/mol. The second-order valence-corrected chi connectivity index (χ2v) is 8.01. The van der Waals surface area contributed by atoms with Crippen molar-refractivity contribution < 1.29 is 18.7 Å². The SMILES string of the molecule is COc1ccc(CCNC(=O)c2c(N)n(Cc3ccco3)c3nc4ccccc4nc23)cc1OC. The predicted octanol–water partition coefficient (Wildman–Crippen LogP) is 3.80. The molecule has 1 amide bonds. The minimum Gasteiger partial charge on any atom is -0.493 e. The second kappa shape index (κ2) is 9.38. The zero-order valence-electron chi connectivity index (χ0n) is 19.4. The fourth-order valence-corrected chi connectivity index (χ4v) is 4.10. The Morgan fingerprint density at radius 1 is 1.03 bits per heavy atom. The molecule has 5 rings (SSSR count). The van der Waals surface area contributed by atoms with Gasteiger partial charge in [0.05, 0.1) is 38.1 Å². The molecule has 178 valence electrons. The summed E-state index contributed by atoms with van der Waals surface area (Å²) in [6.45, 7) is 0.737. The quantitative estimate of drug-likeness (QED) is 0.353. The van der Waals surface area contributed by atoms with Crippen molar-refractivity contribution >= 4 is 33.9 Å². The molecular weight excluding hydrogens is 446 g/mol. The molecule has 2 aromatic carbocycles. The molecule has 3 N–H and O–H groups in total. The summed E-state index contributed by atoms with van der Waals surface area (Å²) in [5.74, 6) is 1.97. The van der Waals surface area contributed by atoms with E-state index in [2.05, 4.69) is 5.32 Å². The number of furan rings is 1. The Balaban J connectivity index is 1.45. The number of carbonyl (C=O) groups is 1. The van der Waals surface area contributed by atoms with Gasteiger partial charge in [-0.1, -0.05) is 18.2 Å². The molecule has 0 aliphatic rings. The third-order valence-electron chi connectivity index (χ3n) is 5.86. The molecule has 0 unspecified atom stereocenters. The van der Waals surface area contributed by atoms with E-state index in [4.69, 9.17) is 29.6 Å². The Bertz CT molecular complexity index is 1510. The van der Waals surface area contributed by atoms with Crippen LogP contribution in [0.3, 0.4) is 0 Å². The predicted molar refractivity (Wildman–Crippen MR) is 133 cm³/mol. The lowest BCUT2D eigenvalue weighted by atomic mass is 10.1. The minimum absolute atomic E-state index is 0.287. The summed E-state index contributed by atoms with van der Waals surface area (Å²) in [7, 11) is 3.19. The number of aromatic nitrogens is 3. The van der Waals surface area contributed by atoms with Crippen LogP contribution in [-0.4, -0.2) is 41.2 Å². The average Bonchev–Trinajstić information content (AvgIpc) is 3.49. The Hall–Kier alpha value is -4.53. The van der Waals surface area contributed by atoms with Gasteiger partial charge in [0.15, 0.2) is 17.1 Å². The van der Waals surface area contributed by atoms with Gasteiger partial charge in [0, 0.05) is 6.54 Å². The number of hydrogen-bond donors (Lipinski definition) is 2. The molecule has 0 saturated heterocycles. The van der Waals surface area contributed by atoms with Gasteiger partial charge >= 0.3 is 0 Å². The molecule has 3 heterocycles. The number of benzene rings is 2. The molecule has 0 saturated carbocycles. The summed E-state index contributed by atoms with van der Waals surface area (Å²) in [5, 5.41) is 2.97. The van der Waals surface area contributed by atoms with Crippen LogP contribution in [0.5, 0.6) is 11.5 Å². The molecule has 35 heavy (non-hydrogen) atoms. The summed E-state index contributed by atoms with van der Waals surface area (Å²) in [6, 6.07) is 16.9. The van der Waals surface area contributed by atoms with E-state index in [0.717, 1.165) is 11.1 Å². The molecular formula is C26H25N5O4. The van der Waals surface area contributed by atoms with E-state index in [1.165, 1.54) is 0 Å². The molecule has 0 aliphatic carbocycles. The number of nitrogens with two attached hydrogens (primary N) is 1. The molecule has 0 fully saturated rings. The maximum atomic E-state index is 13.3. The fourth-order valence-electron chi connectivity index (χ4n) is 4.10. The molecule has 5 aromatic rings. The Kier molecular flexibility index (Phi) is 5.97. The van der Waals surface area contributed by atoms with Gasteiger partial charge in [-0.3, -0.25) is 4.79 Å². The summed E-state index contributed by atoms with van der Waals surface area (Å²) >= 11 is 0. The van der Waals surface area contributed by atoms with Gasteiger partial charge in [-0.25, -0.2) is 9.97 Å². The first kappa shape index (κ1) is 22.3. The number of fused-ring (bicyclic) bond motifs is 2. The van der Waals surface area contributed by atoms with E-state index >= 15 is 0 Å². The van der Waals surface area contributed by atoms with Crippen molar-refractivity contribution in [3.05, 3.63) is 77.7 Å². The number of rotatable bonds is 8. The van der Waals surface area contributed by atoms with E-state index in [9.17, 15) is 4.79 Å². The van der Waals surface area contributed by atoms with E-state index < -0.39 is 0 Å². The van der Waals surface area contributed by atoms with Gasteiger partial charge in [0.2, 0.25) is 0 Å². The van der Waals surface area contributed by atoms with Crippen LogP contribution in [0, 0.1) is 0 Å². The van der Waals surface area contributed by atoms with Gasteiger partial charge in [-0.2, -0.15) is 0 Å². The number of ether oxygens (including phenoxy) is 2. The van der Waals surface area contributed by atoms with E-state index in [-0.39, 0.29) is 11.7 Å². The van der Waals surface area contributed by atoms with Crippen molar-refractivity contribution in [3.63, 3.8) is 0 Å². The highest BCUT2D eigenvalue weighted by atomic mass is 16.5. The van der Waals surface area contributed by atoms with Crippen molar-refractivity contribution in [2.45, 2.75) is 13.0 Å². The highest BCUT2D eigenvalue weighted by Gasteiger charge is 2.24. The Morgan fingerprint density at radius 2 is 1.80 bits per heavy atom. The fraction of sp³-hybridized carbons (Fsp3) is 0.192. The van der Waals surface area contributed by atoms with Crippen LogP contribution in [0.2, 0.25) is 0 Å². The van der Waals surface area contributed by atoms with Crippen molar-refractivity contribution in [1.82, 2.24) is 19.9 Å². The van der Waals surface area contributed by atoms with Gasteiger partial charge in [0.25, 0.3) is 5.91 Å². The van der Waals surface area contributed by atoms with Gasteiger partial charge in [-0.05, 0) is 48.4 Å². The lowest BCUT2D eigenvalue weighted by molar-refractivity contribution is 0.0956. The average molecular weight is 472 g/mol. The maximum absolute atomic E-state index is 13.3. The standard InChI is InChI=1S/C26H25N5O4/c1-33-20-10-9-16(14-21(20)34-2)11-12-28-26(32)22-23-25(30-19-8-4-3-7-18(19)29-23)31(24(22)27)15-17-6-5-13-35-17/h3-10,13-14H,11-12,15,27H2,1-2H3,(H,28,32).